The summed E-state index contributed by atoms with van der Waals surface area (Å²) < 4.78 is 7.37. The highest BCUT2D eigenvalue weighted by atomic mass is 16.3. The van der Waals surface area contributed by atoms with Crippen LogP contribution in [0.3, 0.4) is 0 Å². The third-order valence-electron chi connectivity index (χ3n) is 5.28. The van der Waals surface area contributed by atoms with Crippen LogP contribution in [0.2, 0.25) is 0 Å². The van der Waals surface area contributed by atoms with Crippen LogP contribution in [0, 0.1) is 20.8 Å². The average Bonchev–Trinajstić information content (AvgIpc) is 3.21. The largest absolute Gasteiger partial charge is 0.469 e. The number of fused-ring (bicyclic) bond motifs is 2. The van der Waals surface area contributed by atoms with Crippen LogP contribution >= 0.6 is 0 Å². The number of aryl methyl sites for hydroxylation is 4. The minimum Gasteiger partial charge on any atom is -0.469 e. The monoisotopic (exact) mass is 352 g/mol. The fourth-order valence-electron chi connectivity index (χ4n) is 3.94. The summed E-state index contributed by atoms with van der Waals surface area (Å²) in [7, 11) is 0. The molecule has 0 saturated heterocycles. The third-order valence-corrected chi connectivity index (χ3v) is 5.28. The summed E-state index contributed by atoms with van der Waals surface area (Å²) in [5.41, 5.74) is 6.07. The summed E-state index contributed by atoms with van der Waals surface area (Å²) in [5.74, 6) is 1.08. The van der Waals surface area contributed by atoms with Crippen molar-refractivity contribution in [1.29, 1.82) is 0 Å². The van der Waals surface area contributed by atoms with E-state index in [-0.39, 0.29) is 11.9 Å². The molecule has 1 aliphatic carbocycles. The first-order valence-corrected chi connectivity index (χ1v) is 9.21. The average molecular weight is 352 g/mol. The molecule has 0 saturated carbocycles. The molecule has 4 rings (SSSR count). The van der Waals surface area contributed by atoms with E-state index < -0.39 is 0 Å². The van der Waals surface area contributed by atoms with E-state index in [0.29, 0.717) is 12.8 Å². The number of hydrogen-bond acceptors (Lipinski definition) is 4. The van der Waals surface area contributed by atoms with Gasteiger partial charge in [0.1, 0.15) is 5.76 Å². The number of carbonyl (C=O) groups excluding carboxylic acids is 1. The highest BCUT2D eigenvalue weighted by Gasteiger charge is 2.24. The molecule has 136 valence electrons. The maximum atomic E-state index is 12.5. The molecule has 26 heavy (non-hydrogen) atoms. The van der Waals surface area contributed by atoms with E-state index in [0.717, 1.165) is 58.9 Å². The van der Waals surface area contributed by atoms with E-state index in [4.69, 9.17) is 4.42 Å². The third kappa shape index (κ3) is 3.00. The molecule has 0 bridgehead atoms. The maximum absolute atomic E-state index is 12.5. The molecule has 0 aliphatic heterocycles. The number of nitrogens with zero attached hydrogens (tertiary/aromatic N) is 3. The van der Waals surface area contributed by atoms with E-state index >= 15 is 0 Å². The van der Waals surface area contributed by atoms with E-state index in [9.17, 15) is 4.79 Å². The molecule has 1 aliphatic rings. The van der Waals surface area contributed by atoms with Crippen LogP contribution in [0.1, 0.15) is 59.3 Å². The molecule has 0 spiro atoms. The zero-order valence-corrected chi connectivity index (χ0v) is 15.5. The molecule has 0 fully saturated rings. The van der Waals surface area contributed by atoms with Crippen LogP contribution in [0.4, 0.5) is 0 Å². The topological polar surface area (TPSA) is 72.4 Å². The molecule has 1 atom stereocenters. The molecular formula is C20H24N4O2. The van der Waals surface area contributed by atoms with Crippen LogP contribution in [-0.2, 0) is 17.6 Å². The van der Waals surface area contributed by atoms with Gasteiger partial charge in [-0.25, -0.2) is 9.50 Å². The van der Waals surface area contributed by atoms with Gasteiger partial charge in [-0.05, 0) is 51.7 Å². The van der Waals surface area contributed by atoms with Crippen LogP contribution < -0.4 is 5.32 Å². The number of nitrogens with one attached hydrogen (secondary N) is 1. The minimum absolute atomic E-state index is 0.0691. The van der Waals surface area contributed by atoms with Crippen molar-refractivity contribution in [2.45, 2.75) is 58.9 Å². The minimum atomic E-state index is 0.0691. The summed E-state index contributed by atoms with van der Waals surface area (Å²) in [6.45, 7) is 6.01. The van der Waals surface area contributed by atoms with Gasteiger partial charge >= 0.3 is 0 Å². The van der Waals surface area contributed by atoms with Gasteiger partial charge in [-0.2, -0.15) is 5.10 Å². The summed E-state index contributed by atoms with van der Waals surface area (Å²) in [5, 5.41) is 7.67. The van der Waals surface area contributed by atoms with Crippen molar-refractivity contribution in [2.24, 2.45) is 0 Å². The molecule has 3 aromatic rings. The molecule has 0 aromatic carbocycles. The molecule has 0 radical (unpaired) electrons. The van der Waals surface area contributed by atoms with E-state index in [1.807, 2.05) is 37.4 Å². The van der Waals surface area contributed by atoms with Crippen molar-refractivity contribution >= 4 is 11.6 Å². The van der Waals surface area contributed by atoms with Crippen molar-refractivity contribution in [3.63, 3.8) is 0 Å². The first-order chi connectivity index (χ1) is 12.5. The lowest BCUT2D eigenvalue weighted by molar-refractivity contribution is -0.121. The van der Waals surface area contributed by atoms with Gasteiger partial charge in [0, 0.05) is 35.9 Å². The second-order valence-corrected chi connectivity index (χ2v) is 7.13. The Hall–Kier alpha value is -2.63. The van der Waals surface area contributed by atoms with Crippen molar-refractivity contribution in [1.82, 2.24) is 19.9 Å². The van der Waals surface area contributed by atoms with Crippen LogP contribution in [0.25, 0.3) is 5.65 Å². The first-order valence-electron chi connectivity index (χ1n) is 9.21. The van der Waals surface area contributed by atoms with Crippen molar-refractivity contribution in [3.05, 3.63) is 52.4 Å². The Morgan fingerprint density at radius 2 is 2.23 bits per heavy atom. The van der Waals surface area contributed by atoms with Gasteiger partial charge in [-0.1, -0.05) is 0 Å². The number of rotatable bonds is 4. The molecule has 1 amide bonds. The fraction of sp³-hybridized carbons (Fsp3) is 0.450. The van der Waals surface area contributed by atoms with Crippen LogP contribution in [-0.4, -0.2) is 20.5 Å². The van der Waals surface area contributed by atoms with Gasteiger partial charge in [-0.15, -0.1) is 0 Å². The first kappa shape index (κ1) is 16.8. The van der Waals surface area contributed by atoms with Gasteiger partial charge in [0.15, 0.2) is 5.65 Å². The van der Waals surface area contributed by atoms with Gasteiger partial charge in [0.2, 0.25) is 5.91 Å². The van der Waals surface area contributed by atoms with E-state index in [2.05, 4.69) is 15.4 Å². The summed E-state index contributed by atoms with van der Waals surface area (Å²) in [4.78, 5) is 17.2. The molecule has 3 aromatic heterocycles. The number of furan rings is 1. The lowest BCUT2D eigenvalue weighted by Crippen LogP contribution is -2.30. The van der Waals surface area contributed by atoms with Gasteiger partial charge < -0.3 is 9.73 Å². The Labute approximate surface area is 152 Å². The smallest absolute Gasteiger partial charge is 0.220 e. The number of carbonyl (C=O) groups is 1. The molecule has 6 heteroatoms. The zero-order chi connectivity index (χ0) is 18.3. The maximum Gasteiger partial charge on any atom is 0.220 e. The van der Waals surface area contributed by atoms with Crippen LogP contribution in [0.15, 0.2) is 22.8 Å². The molecule has 3 heterocycles. The molecule has 1 unspecified atom stereocenters. The standard InChI is InChI=1S/C20H24N4O2/c1-12-11-19-21-13(2)15(14(3)24(19)23-12)7-8-20(25)22-17-5-4-6-18-16(17)9-10-26-18/h9-11,17H,4-8H2,1-3H3,(H,22,25). The number of hydrogen-bond donors (Lipinski definition) is 1. The predicted octanol–water partition coefficient (Wildman–Crippen LogP) is 3.37. The molecular weight excluding hydrogens is 328 g/mol. The van der Waals surface area contributed by atoms with E-state index in [1.54, 1.807) is 6.26 Å². The zero-order valence-electron chi connectivity index (χ0n) is 15.5. The Bertz CT molecular complexity index is 970. The van der Waals surface area contributed by atoms with Crippen molar-refractivity contribution in [2.75, 3.05) is 0 Å². The van der Waals surface area contributed by atoms with Gasteiger partial charge in [0.05, 0.1) is 18.0 Å². The predicted molar refractivity (Wildman–Crippen MR) is 98.0 cm³/mol. The normalized spacial score (nSPS) is 16.7. The number of aromatic nitrogens is 3. The second-order valence-electron chi connectivity index (χ2n) is 7.13. The lowest BCUT2D eigenvalue weighted by Gasteiger charge is -2.22. The Morgan fingerprint density at radius 1 is 1.38 bits per heavy atom. The number of amides is 1. The highest BCUT2D eigenvalue weighted by molar-refractivity contribution is 5.77. The van der Waals surface area contributed by atoms with Gasteiger partial charge in [-0.3, -0.25) is 4.79 Å². The SMILES string of the molecule is Cc1cc2nc(C)c(CCC(=O)NC3CCCc4occc43)c(C)n2n1. The Kier molecular flexibility index (Phi) is 4.26. The molecule has 1 N–H and O–H groups in total. The second kappa shape index (κ2) is 6.59. The lowest BCUT2D eigenvalue weighted by atomic mass is 9.93. The van der Waals surface area contributed by atoms with E-state index in [1.165, 1.54) is 0 Å². The Balaban J connectivity index is 1.46. The quantitative estimate of drug-likeness (QED) is 0.781. The summed E-state index contributed by atoms with van der Waals surface area (Å²) >= 11 is 0. The summed E-state index contributed by atoms with van der Waals surface area (Å²) in [6, 6.07) is 4.02. The van der Waals surface area contributed by atoms with Crippen LogP contribution in [0.5, 0.6) is 0 Å². The fourth-order valence-corrected chi connectivity index (χ4v) is 3.94. The van der Waals surface area contributed by atoms with Crippen molar-refractivity contribution < 1.29 is 9.21 Å². The highest BCUT2D eigenvalue weighted by Crippen LogP contribution is 2.30. The van der Waals surface area contributed by atoms with Crippen molar-refractivity contribution in [3.8, 4) is 0 Å². The molecule has 6 nitrogen and oxygen atoms in total. The Morgan fingerprint density at radius 3 is 3.08 bits per heavy atom. The summed E-state index contributed by atoms with van der Waals surface area (Å²) in [6.07, 6.45) is 5.80. The van der Waals surface area contributed by atoms with Gasteiger partial charge in [0.25, 0.3) is 0 Å².